The third-order valence-corrected chi connectivity index (χ3v) is 8.02. The Kier molecular flexibility index (Phi) is 7.45. The van der Waals surface area contributed by atoms with Crippen LogP contribution in [0.4, 0.5) is 5.69 Å². The van der Waals surface area contributed by atoms with Crippen LogP contribution in [-0.4, -0.2) is 21.2 Å². The predicted molar refractivity (Wildman–Crippen MR) is 144 cm³/mol. The van der Waals surface area contributed by atoms with E-state index in [0.717, 1.165) is 35.2 Å². The maximum atomic E-state index is 13.7. The van der Waals surface area contributed by atoms with Crippen molar-refractivity contribution in [3.05, 3.63) is 79.4 Å². The molecule has 0 radical (unpaired) electrons. The standard InChI is InChI=1S/C26H26ClN3O2S2/c1-5-6-21-17(4)23-24(34-21)29-26(30(25(23)32)19-10-8-18(27)9-11-19)33-14-22(31)28-20-12-7-15(2)13-16(20)3/h7-13H,5-6,14H2,1-4H3,(H,28,31). The number of aryl methyl sites for hydroxylation is 4. The van der Waals surface area contributed by atoms with Gasteiger partial charge < -0.3 is 5.32 Å². The number of benzene rings is 2. The number of rotatable bonds is 7. The Bertz CT molecular complexity index is 1420. The lowest BCUT2D eigenvalue weighted by atomic mass is 10.1. The molecule has 0 aliphatic rings. The lowest BCUT2D eigenvalue weighted by Crippen LogP contribution is -2.23. The SMILES string of the molecule is CCCc1sc2nc(SCC(=O)Nc3ccc(C)cc3C)n(-c3ccc(Cl)cc3)c(=O)c2c1C. The summed E-state index contributed by atoms with van der Waals surface area (Å²) in [6.45, 7) is 8.10. The fourth-order valence-electron chi connectivity index (χ4n) is 3.86. The second kappa shape index (κ2) is 10.3. The molecule has 34 heavy (non-hydrogen) atoms. The summed E-state index contributed by atoms with van der Waals surface area (Å²) in [5, 5.41) is 4.69. The molecule has 4 rings (SSSR count). The Labute approximate surface area is 212 Å². The van der Waals surface area contributed by atoms with Gasteiger partial charge in [-0.2, -0.15) is 0 Å². The van der Waals surface area contributed by atoms with Crippen LogP contribution in [0.1, 0.15) is 34.9 Å². The Hall–Kier alpha value is -2.61. The van der Waals surface area contributed by atoms with Gasteiger partial charge in [0.15, 0.2) is 5.16 Å². The number of amides is 1. The Morgan fingerprint density at radius 1 is 1.15 bits per heavy atom. The smallest absolute Gasteiger partial charge is 0.267 e. The number of anilines is 1. The first-order valence-electron chi connectivity index (χ1n) is 11.1. The lowest BCUT2D eigenvalue weighted by molar-refractivity contribution is -0.113. The highest BCUT2D eigenvalue weighted by Gasteiger charge is 2.20. The maximum Gasteiger partial charge on any atom is 0.267 e. The van der Waals surface area contributed by atoms with Crippen LogP contribution in [0.3, 0.4) is 0 Å². The van der Waals surface area contributed by atoms with Crippen molar-refractivity contribution < 1.29 is 4.79 Å². The van der Waals surface area contributed by atoms with E-state index in [4.69, 9.17) is 16.6 Å². The van der Waals surface area contributed by atoms with E-state index < -0.39 is 0 Å². The van der Waals surface area contributed by atoms with E-state index in [1.54, 1.807) is 40.2 Å². The summed E-state index contributed by atoms with van der Waals surface area (Å²) in [5.74, 6) is -0.0200. The minimum Gasteiger partial charge on any atom is -0.325 e. The van der Waals surface area contributed by atoms with Crippen LogP contribution in [0.15, 0.2) is 52.4 Å². The molecule has 8 heteroatoms. The van der Waals surface area contributed by atoms with Crippen molar-refractivity contribution in [1.82, 2.24) is 9.55 Å². The molecule has 0 saturated carbocycles. The third-order valence-electron chi connectivity index (χ3n) is 5.58. The highest BCUT2D eigenvalue weighted by Crippen LogP contribution is 2.31. The molecule has 0 bridgehead atoms. The van der Waals surface area contributed by atoms with E-state index in [1.807, 2.05) is 39.0 Å². The number of carbonyl (C=O) groups excluding carboxylic acids is 1. The van der Waals surface area contributed by atoms with Crippen LogP contribution in [-0.2, 0) is 11.2 Å². The number of nitrogens with zero attached hydrogens (tertiary/aromatic N) is 2. The summed E-state index contributed by atoms with van der Waals surface area (Å²) >= 11 is 8.90. The quantitative estimate of drug-likeness (QED) is 0.221. The molecular formula is C26H26ClN3O2S2. The van der Waals surface area contributed by atoms with Crippen molar-refractivity contribution in [2.45, 2.75) is 45.7 Å². The van der Waals surface area contributed by atoms with Crippen LogP contribution < -0.4 is 10.9 Å². The van der Waals surface area contributed by atoms with Gasteiger partial charge in [0.05, 0.1) is 16.8 Å². The number of halogens is 1. The fourth-order valence-corrected chi connectivity index (χ4v) is 6.12. The van der Waals surface area contributed by atoms with Crippen LogP contribution >= 0.6 is 34.7 Å². The summed E-state index contributed by atoms with van der Waals surface area (Å²) < 4.78 is 1.59. The van der Waals surface area contributed by atoms with E-state index in [-0.39, 0.29) is 17.2 Å². The molecule has 2 heterocycles. The normalized spacial score (nSPS) is 11.2. The van der Waals surface area contributed by atoms with Crippen LogP contribution in [0.25, 0.3) is 15.9 Å². The van der Waals surface area contributed by atoms with Crippen LogP contribution in [0.5, 0.6) is 0 Å². The first kappa shape index (κ1) is 24.5. The fraction of sp³-hybridized carbons (Fsp3) is 0.269. The monoisotopic (exact) mass is 511 g/mol. The van der Waals surface area contributed by atoms with Crippen molar-refractivity contribution in [3.8, 4) is 5.69 Å². The number of thiophene rings is 1. The molecule has 0 unspecified atom stereocenters. The van der Waals surface area contributed by atoms with E-state index in [1.165, 1.54) is 16.6 Å². The first-order chi connectivity index (χ1) is 16.3. The summed E-state index contributed by atoms with van der Waals surface area (Å²) in [4.78, 5) is 33.1. The number of hydrogen-bond donors (Lipinski definition) is 1. The van der Waals surface area contributed by atoms with Crippen molar-refractivity contribution in [2.75, 3.05) is 11.1 Å². The number of hydrogen-bond acceptors (Lipinski definition) is 5. The zero-order chi connectivity index (χ0) is 24.4. The molecule has 5 nitrogen and oxygen atoms in total. The largest absolute Gasteiger partial charge is 0.325 e. The molecule has 0 aliphatic carbocycles. The highest BCUT2D eigenvalue weighted by atomic mass is 35.5. The molecule has 0 spiro atoms. The molecule has 1 amide bonds. The number of carbonyl (C=O) groups is 1. The average molecular weight is 512 g/mol. The molecule has 1 N–H and O–H groups in total. The molecule has 0 fully saturated rings. The van der Waals surface area contributed by atoms with E-state index in [0.29, 0.717) is 26.1 Å². The molecule has 2 aromatic heterocycles. The van der Waals surface area contributed by atoms with Crippen LogP contribution in [0, 0.1) is 20.8 Å². The van der Waals surface area contributed by atoms with Crippen molar-refractivity contribution >= 4 is 56.5 Å². The predicted octanol–water partition coefficient (Wildman–Crippen LogP) is 6.71. The van der Waals surface area contributed by atoms with Crippen molar-refractivity contribution in [1.29, 1.82) is 0 Å². The minimum atomic E-state index is -0.150. The minimum absolute atomic E-state index is 0.124. The maximum absolute atomic E-state index is 13.7. The summed E-state index contributed by atoms with van der Waals surface area (Å²) in [6, 6.07) is 13.0. The van der Waals surface area contributed by atoms with Gasteiger partial charge in [0.1, 0.15) is 4.83 Å². The molecule has 2 aromatic carbocycles. The third kappa shape index (κ3) is 5.06. The van der Waals surface area contributed by atoms with Crippen molar-refractivity contribution in [3.63, 3.8) is 0 Å². The zero-order valence-electron chi connectivity index (χ0n) is 19.6. The van der Waals surface area contributed by atoms with Gasteiger partial charge >= 0.3 is 0 Å². The molecule has 176 valence electrons. The van der Waals surface area contributed by atoms with Gasteiger partial charge in [-0.15, -0.1) is 11.3 Å². The molecule has 0 atom stereocenters. The van der Waals surface area contributed by atoms with Gasteiger partial charge in [0, 0.05) is 15.6 Å². The second-order valence-electron chi connectivity index (χ2n) is 8.25. The number of nitrogens with one attached hydrogen (secondary N) is 1. The summed E-state index contributed by atoms with van der Waals surface area (Å²) in [7, 11) is 0. The van der Waals surface area contributed by atoms with Gasteiger partial charge in [-0.3, -0.25) is 14.2 Å². The van der Waals surface area contributed by atoms with E-state index >= 15 is 0 Å². The molecule has 0 saturated heterocycles. The van der Waals surface area contributed by atoms with Gasteiger partial charge in [0.25, 0.3) is 5.56 Å². The topological polar surface area (TPSA) is 64.0 Å². The van der Waals surface area contributed by atoms with E-state index in [9.17, 15) is 9.59 Å². The van der Waals surface area contributed by atoms with Gasteiger partial charge in [0.2, 0.25) is 5.91 Å². The lowest BCUT2D eigenvalue weighted by Gasteiger charge is -2.13. The Balaban J connectivity index is 1.71. The van der Waals surface area contributed by atoms with E-state index in [2.05, 4.69) is 12.2 Å². The summed E-state index contributed by atoms with van der Waals surface area (Å²) in [6.07, 6.45) is 1.91. The first-order valence-corrected chi connectivity index (χ1v) is 13.3. The Morgan fingerprint density at radius 2 is 1.88 bits per heavy atom. The Morgan fingerprint density at radius 3 is 2.56 bits per heavy atom. The number of fused-ring (bicyclic) bond motifs is 1. The highest BCUT2D eigenvalue weighted by molar-refractivity contribution is 7.99. The number of aromatic nitrogens is 2. The van der Waals surface area contributed by atoms with Gasteiger partial charge in [-0.05, 0) is 68.7 Å². The summed E-state index contributed by atoms with van der Waals surface area (Å²) in [5.41, 5.74) is 4.47. The molecule has 4 aromatic rings. The molecular weight excluding hydrogens is 486 g/mol. The van der Waals surface area contributed by atoms with Gasteiger partial charge in [-0.25, -0.2) is 4.98 Å². The van der Waals surface area contributed by atoms with Crippen molar-refractivity contribution in [2.24, 2.45) is 0 Å². The second-order valence-corrected chi connectivity index (χ2v) is 10.7. The number of thioether (sulfide) groups is 1. The van der Waals surface area contributed by atoms with Crippen LogP contribution in [0.2, 0.25) is 5.02 Å². The zero-order valence-corrected chi connectivity index (χ0v) is 22.0. The average Bonchev–Trinajstić information content (AvgIpc) is 3.11. The molecule has 0 aliphatic heterocycles. The van der Waals surface area contributed by atoms with Gasteiger partial charge in [-0.1, -0.05) is 54.4 Å².